The van der Waals surface area contributed by atoms with Crippen LogP contribution in [0.25, 0.3) is 49.7 Å². The molecule has 3 nitrogen and oxygen atoms in total. The normalized spacial score (nSPS) is 12.6. The SMILES string of the molecule is Cc1c2[nH]c3ccccc3c2c(/C=C\CN(C)C)c2[nH]c3ccccc3c12. The molecule has 0 aliphatic rings. The zero-order chi connectivity index (χ0) is 18.5. The smallest absolute Gasteiger partial charge is 0.0548 e. The van der Waals surface area contributed by atoms with Gasteiger partial charge in [0.15, 0.2) is 0 Å². The van der Waals surface area contributed by atoms with Crippen molar-refractivity contribution in [2.45, 2.75) is 6.92 Å². The van der Waals surface area contributed by atoms with Crippen molar-refractivity contribution in [3.63, 3.8) is 0 Å². The van der Waals surface area contributed by atoms with Crippen molar-refractivity contribution in [2.24, 2.45) is 0 Å². The van der Waals surface area contributed by atoms with Gasteiger partial charge in [-0.15, -0.1) is 0 Å². The van der Waals surface area contributed by atoms with Crippen LogP contribution in [-0.2, 0) is 0 Å². The van der Waals surface area contributed by atoms with Gasteiger partial charge in [-0.3, -0.25) is 0 Å². The number of aromatic nitrogens is 2. The van der Waals surface area contributed by atoms with E-state index in [4.69, 9.17) is 0 Å². The van der Waals surface area contributed by atoms with Gasteiger partial charge in [0, 0.05) is 44.7 Å². The average Bonchev–Trinajstić information content (AvgIpc) is 3.23. The molecule has 0 bridgehead atoms. The van der Waals surface area contributed by atoms with Crippen LogP contribution in [0.2, 0.25) is 0 Å². The molecule has 5 rings (SSSR count). The van der Waals surface area contributed by atoms with Gasteiger partial charge >= 0.3 is 0 Å². The average molecular weight is 353 g/mol. The van der Waals surface area contributed by atoms with Crippen LogP contribution in [0.15, 0.2) is 54.6 Å². The molecule has 27 heavy (non-hydrogen) atoms. The molecule has 0 unspecified atom stereocenters. The first-order valence-electron chi connectivity index (χ1n) is 9.40. The quantitative estimate of drug-likeness (QED) is 0.420. The van der Waals surface area contributed by atoms with Crippen molar-refractivity contribution in [1.29, 1.82) is 0 Å². The van der Waals surface area contributed by atoms with E-state index >= 15 is 0 Å². The van der Waals surface area contributed by atoms with E-state index in [1.54, 1.807) is 0 Å². The summed E-state index contributed by atoms with van der Waals surface area (Å²) in [5, 5.41) is 5.18. The lowest BCUT2D eigenvalue weighted by Gasteiger charge is -2.08. The molecule has 2 aromatic heterocycles. The van der Waals surface area contributed by atoms with Crippen molar-refractivity contribution < 1.29 is 0 Å². The van der Waals surface area contributed by atoms with Gasteiger partial charge < -0.3 is 14.9 Å². The van der Waals surface area contributed by atoms with Crippen molar-refractivity contribution in [3.8, 4) is 0 Å². The molecule has 3 aromatic carbocycles. The van der Waals surface area contributed by atoms with E-state index in [0.717, 1.165) is 6.54 Å². The summed E-state index contributed by atoms with van der Waals surface area (Å²) in [5.41, 5.74) is 7.41. The summed E-state index contributed by atoms with van der Waals surface area (Å²) in [7, 11) is 4.19. The fourth-order valence-corrected chi connectivity index (χ4v) is 4.23. The second-order valence-corrected chi connectivity index (χ2v) is 7.54. The third kappa shape index (κ3) is 2.39. The molecular weight excluding hydrogens is 330 g/mol. The number of rotatable bonds is 3. The first-order valence-corrected chi connectivity index (χ1v) is 9.40. The van der Waals surface area contributed by atoms with E-state index in [1.165, 1.54) is 54.7 Å². The number of nitrogens with zero attached hydrogens (tertiary/aromatic N) is 1. The van der Waals surface area contributed by atoms with E-state index in [9.17, 15) is 0 Å². The molecule has 0 amide bonds. The molecule has 5 aromatic rings. The maximum absolute atomic E-state index is 3.69. The van der Waals surface area contributed by atoms with Crippen LogP contribution in [0.1, 0.15) is 11.1 Å². The van der Waals surface area contributed by atoms with Crippen molar-refractivity contribution in [3.05, 3.63) is 65.7 Å². The zero-order valence-electron chi connectivity index (χ0n) is 15.9. The minimum atomic E-state index is 0.916. The lowest BCUT2D eigenvalue weighted by Crippen LogP contribution is -2.10. The van der Waals surface area contributed by atoms with E-state index in [1.807, 2.05) is 0 Å². The van der Waals surface area contributed by atoms with Gasteiger partial charge in [0.1, 0.15) is 0 Å². The Morgan fingerprint density at radius 3 is 2.07 bits per heavy atom. The van der Waals surface area contributed by atoms with Crippen LogP contribution in [0, 0.1) is 6.92 Å². The topological polar surface area (TPSA) is 34.8 Å². The number of para-hydroxylation sites is 2. The van der Waals surface area contributed by atoms with Crippen molar-refractivity contribution in [1.82, 2.24) is 14.9 Å². The molecule has 0 atom stereocenters. The molecule has 0 saturated carbocycles. The highest BCUT2D eigenvalue weighted by molar-refractivity contribution is 6.23. The number of hydrogen-bond donors (Lipinski definition) is 2. The lowest BCUT2D eigenvalue weighted by molar-refractivity contribution is 0.457. The van der Waals surface area contributed by atoms with Gasteiger partial charge in [-0.25, -0.2) is 0 Å². The molecule has 2 N–H and O–H groups in total. The fourth-order valence-electron chi connectivity index (χ4n) is 4.23. The number of likely N-dealkylation sites (N-methyl/N-ethyl adjacent to an activating group) is 1. The number of hydrogen-bond acceptors (Lipinski definition) is 1. The number of aromatic amines is 2. The Bertz CT molecular complexity index is 1330. The Morgan fingerprint density at radius 1 is 0.815 bits per heavy atom. The number of benzene rings is 3. The van der Waals surface area contributed by atoms with Crippen molar-refractivity contribution in [2.75, 3.05) is 20.6 Å². The second-order valence-electron chi connectivity index (χ2n) is 7.54. The summed E-state index contributed by atoms with van der Waals surface area (Å²) >= 11 is 0. The Hall–Kier alpha value is -3.04. The van der Waals surface area contributed by atoms with Gasteiger partial charge in [-0.1, -0.05) is 48.6 Å². The first kappa shape index (κ1) is 16.2. The molecule has 0 saturated heterocycles. The fraction of sp³-hybridized carbons (Fsp3) is 0.167. The maximum atomic E-state index is 3.69. The van der Waals surface area contributed by atoms with Gasteiger partial charge in [0.05, 0.1) is 11.0 Å². The number of aryl methyl sites for hydroxylation is 1. The second kappa shape index (κ2) is 6.00. The largest absolute Gasteiger partial charge is 0.354 e. The summed E-state index contributed by atoms with van der Waals surface area (Å²) in [6.07, 6.45) is 4.52. The van der Waals surface area contributed by atoms with E-state index in [0.29, 0.717) is 0 Å². The van der Waals surface area contributed by atoms with E-state index < -0.39 is 0 Å². The number of H-pyrrole nitrogens is 2. The summed E-state index contributed by atoms with van der Waals surface area (Å²) in [6.45, 7) is 3.15. The summed E-state index contributed by atoms with van der Waals surface area (Å²) in [5.74, 6) is 0. The van der Waals surface area contributed by atoms with Crippen LogP contribution in [0.5, 0.6) is 0 Å². The molecule has 0 radical (unpaired) electrons. The molecule has 2 heterocycles. The molecule has 0 aliphatic carbocycles. The van der Waals surface area contributed by atoms with Gasteiger partial charge in [-0.05, 0) is 38.7 Å². The summed E-state index contributed by atoms with van der Waals surface area (Å²) in [4.78, 5) is 9.55. The predicted octanol–water partition coefficient (Wildman–Crippen LogP) is 5.84. The third-order valence-electron chi connectivity index (χ3n) is 5.46. The Balaban J connectivity index is 1.98. The van der Waals surface area contributed by atoms with Crippen molar-refractivity contribution >= 4 is 49.7 Å². The highest BCUT2D eigenvalue weighted by Crippen LogP contribution is 2.40. The van der Waals surface area contributed by atoms with Gasteiger partial charge in [0.25, 0.3) is 0 Å². The van der Waals surface area contributed by atoms with E-state index in [2.05, 4.69) is 96.6 Å². The zero-order valence-corrected chi connectivity index (χ0v) is 15.9. The molecule has 3 heteroatoms. The van der Waals surface area contributed by atoms with Crippen LogP contribution in [0.3, 0.4) is 0 Å². The van der Waals surface area contributed by atoms with Gasteiger partial charge in [0.2, 0.25) is 0 Å². The van der Waals surface area contributed by atoms with Gasteiger partial charge in [-0.2, -0.15) is 0 Å². The number of fused-ring (bicyclic) bond motifs is 6. The summed E-state index contributed by atoms with van der Waals surface area (Å²) in [6, 6.07) is 17.2. The van der Waals surface area contributed by atoms with Crippen LogP contribution >= 0.6 is 0 Å². The lowest BCUT2D eigenvalue weighted by atomic mass is 9.97. The van der Waals surface area contributed by atoms with E-state index in [-0.39, 0.29) is 0 Å². The number of nitrogens with one attached hydrogen (secondary N) is 2. The molecule has 0 spiro atoms. The Kier molecular flexibility index (Phi) is 3.59. The third-order valence-corrected chi connectivity index (χ3v) is 5.46. The standard InChI is InChI=1S/C24H23N3/c1-15-21-16-9-4-6-12-19(16)26-24(21)18(11-8-14-27(2)3)22-17-10-5-7-13-20(17)25-23(15)22/h4-13,25-26H,14H2,1-3H3/b11-8-. The minimum Gasteiger partial charge on any atom is -0.354 e. The van der Waals surface area contributed by atoms with Crippen LogP contribution in [0.4, 0.5) is 0 Å². The summed E-state index contributed by atoms with van der Waals surface area (Å²) < 4.78 is 0. The minimum absolute atomic E-state index is 0.916. The highest BCUT2D eigenvalue weighted by atomic mass is 15.0. The van der Waals surface area contributed by atoms with Crippen LogP contribution < -0.4 is 0 Å². The molecule has 0 aliphatic heterocycles. The first-order chi connectivity index (χ1) is 13.1. The predicted molar refractivity (Wildman–Crippen MR) is 117 cm³/mol. The maximum Gasteiger partial charge on any atom is 0.0548 e. The molecular formula is C24H23N3. The Morgan fingerprint density at radius 2 is 1.41 bits per heavy atom. The molecule has 0 fully saturated rings. The molecule has 134 valence electrons. The Labute approximate surface area is 158 Å². The highest BCUT2D eigenvalue weighted by Gasteiger charge is 2.18. The monoisotopic (exact) mass is 353 g/mol. The van der Waals surface area contributed by atoms with Crippen LogP contribution in [-0.4, -0.2) is 35.5 Å².